The van der Waals surface area contributed by atoms with Crippen molar-refractivity contribution in [3.05, 3.63) is 41.5 Å². The highest BCUT2D eigenvalue weighted by atomic mass is 16.4. The number of quaternary nitrogens is 1. The van der Waals surface area contributed by atoms with Crippen LogP contribution in [0, 0.1) is 0 Å². The second-order valence-corrected chi connectivity index (χ2v) is 7.34. The fourth-order valence-electron chi connectivity index (χ4n) is 4.41. The molecule has 0 aliphatic carbocycles. The summed E-state index contributed by atoms with van der Waals surface area (Å²) in [6.07, 6.45) is 1.72. The number of imide groups is 1. The Morgan fingerprint density at radius 1 is 1.12 bits per heavy atom. The number of amides is 2. The van der Waals surface area contributed by atoms with E-state index in [-0.39, 0.29) is 18.4 Å². The first-order valence-electron chi connectivity index (χ1n) is 8.82. The van der Waals surface area contributed by atoms with Crippen LogP contribution < -0.4 is 4.90 Å². The van der Waals surface area contributed by atoms with Gasteiger partial charge in [-0.1, -0.05) is 12.1 Å². The topological polar surface area (TPSA) is 74.7 Å². The second-order valence-electron chi connectivity index (χ2n) is 7.34. The lowest BCUT2D eigenvalue weighted by Crippen LogP contribution is -2.68. The van der Waals surface area contributed by atoms with Crippen LogP contribution >= 0.6 is 0 Å². The number of rotatable bonds is 2. The van der Waals surface area contributed by atoms with Crippen LogP contribution in [0.3, 0.4) is 0 Å². The van der Waals surface area contributed by atoms with Crippen molar-refractivity contribution in [2.45, 2.75) is 25.3 Å². The van der Waals surface area contributed by atoms with Crippen LogP contribution in [0.2, 0.25) is 0 Å². The monoisotopic (exact) mass is 353 g/mol. The highest BCUT2D eigenvalue weighted by Crippen LogP contribution is 2.41. The summed E-state index contributed by atoms with van der Waals surface area (Å²) >= 11 is 0. The third-order valence-corrected chi connectivity index (χ3v) is 5.72. The molecule has 1 spiro atoms. The number of benzene rings is 2. The van der Waals surface area contributed by atoms with Gasteiger partial charge in [-0.3, -0.25) is 0 Å². The Morgan fingerprint density at radius 2 is 1.85 bits per heavy atom. The third-order valence-electron chi connectivity index (χ3n) is 5.72. The second kappa shape index (κ2) is 5.64. The Morgan fingerprint density at radius 3 is 2.54 bits per heavy atom. The molecule has 2 unspecified atom stereocenters. The van der Waals surface area contributed by atoms with Crippen LogP contribution in [0.25, 0.3) is 10.8 Å². The molecule has 2 atom stereocenters. The van der Waals surface area contributed by atoms with Gasteiger partial charge in [0.25, 0.3) is 0 Å². The molecule has 134 valence electrons. The Hall–Kier alpha value is -2.73. The SMILES string of the molecule is CN(C)c1cc2c3c(cccc3c1)C(=O)[N+]1(CCCCC1C(=O)O)C2=O. The van der Waals surface area contributed by atoms with E-state index in [0.717, 1.165) is 11.1 Å². The van der Waals surface area contributed by atoms with Gasteiger partial charge in [-0.2, -0.15) is 4.48 Å². The molecule has 6 nitrogen and oxygen atoms in total. The van der Waals surface area contributed by atoms with Crippen molar-refractivity contribution in [1.29, 1.82) is 0 Å². The summed E-state index contributed by atoms with van der Waals surface area (Å²) < 4.78 is -0.613. The van der Waals surface area contributed by atoms with Crippen molar-refractivity contribution in [2.75, 3.05) is 25.5 Å². The molecule has 1 N–H and O–H groups in total. The van der Waals surface area contributed by atoms with Crippen LogP contribution in [0.15, 0.2) is 30.3 Å². The van der Waals surface area contributed by atoms with Gasteiger partial charge < -0.3 is 10.0 Å². The molecule has 0 bridgehead atoms. The van der Waals surface area contributed by atoms with Gasteiger partial charge in [-0.05, 0) is 36.4 Å². The molecule has 1 saturated heterocycles. The fraction of sp³-hybridized carbons (Fsp3) is 0.350. The normalized spacial score (nSPS) is 24.9. The average molecular weight is 353 g/mol. The number of nitrogens with zero attached hydrogens (tertiary/aromatic N) is 2. The van der Waals surface area contributed by atoms with Gasteiger partial charge in [0.15, 0.2) is 0 Å². The minimum atomic E-state index is -1.08. The molecule has 2 aliphatic heterocycles. The van der Waals surface area contributed by atoms with Crippen molar-refractivity contribution in [2.24, 2.45) is 0 Å². The molecule has 6 heteroatoms. The summed E-state index contributed by atoms with van der Waals surface area (Å²) in [4.78, 5) is 40.8. The summed E-state index contributed by atoms with van der Waals surface area (Å²) in [5.41, 5.74) is 1.76. The summed E-state index contributed by atoms with van der Waals surface area (Å²) in [6, 6.07) is 8.11. The van der Waals surface area contributed by atoms with Gasteiger partial charge in [0.2, 0.25) is 6.04 Å². The summed E-state index contributed by atoms with van der Waals surface area (Å²) in [5.74, 6) is -1.84. The quantitative estimate of drug-likeness (QED) is 0.664. The number of carboxylic acids is 1. The standard InChI is InChI=1S/C20H20N2O4/c1-21(2)13-10-12-6-5-7-14-17(12)15(11-13)19(24)22(18(14)23)9-4-3-8-16(22)20(25)26/h5-7,10-11,16H,3-4,8-9H2,1-2H3/p+1. The molecule has 2 aromatic rings. The van der Waals surface area contributed by atoms with E-state index in [9.17, 15) is 19.5 Å². The van der Waals surface area contributed by atoms with Crippen molar-refractivity contribution in [3.63, 3.8) is 0 Å². The van der Waals surface area contributed by atoms with Crippen molar-refractivity contribution in [1.82, 2.24) is 0 Å². The molecule has 2 amide bonds. The molecular weight excluding hydrogens is 332 g/mol. The zero-order valence-corrected chi connectivity index (χ0v) is 14.9. The highest BCUT2D eigenvalue weighted by molar-refractivity contribution is 6.21. The van der Waals surface area contributed by atoms with Crippen LogP contribution in [-0.2, 0) is 4.79 Å². The Kier molecular flexibility index (Phi) is 3.63. The Labute approximate surface area is 151 Å². The minimum absolute atomic E-state index is 0.247. The van der Waals surface area contributed by atoms with Crippen LogP contribution in [-0.4, -0.2) is 54.1 Å². The van der Waals surface area contributed by atoms with Gasteiger partial charge in [0.05, 0.1) is 17.7 Å². The van der Waals surface area contributed by atoms with Gasteiger partial charge in [-0.15, -0.1) is 0 Å². The minimum Gasteiger partial charge on any atom is -0.477 e. The van der Waals surface area contributed by atoms with E-state index in [0.29, 0.717) is 35.8 Å². The summed E-state index contributed by atoms with van der Waals surface area (Å²) in [6.45, 7) is 0.247. The van der Waals surface area contributed by atoms with Crippen molar-refractivity contribution < 1.29 is 24.0 Å². The molecule has 2 aliphatic rings. The number of hydrogen-bond donors (Lipinski definition) is 1. The molecule has 0 radical (unpaired) electrons. The van der Waals surface area contributed by atoms with E-state index < -0.39 is 16.5 Å². The molecule has 2 aromatic carbocycles. The van der Waals surface area contributed by atoms with E-state index in [1.165, 1.54) is 0 Å². The van der Waals surface area contributed by atoms with Crippen LogP contribution in [0.1, 0.15) is 40.0 Å². The van der Waals surface area contributed by atoms with Gasteiger partial charge >= 0.3 is 17.8 Å². The van der Waals surface area contributed by atoms with E-state index in [1.807, 2.05) is 31.1 Å². The number of piperidine rings is 1. The maximum Gasteiger partial charge on any atom is 0.363 e. The maximum atomic E-state index is 13.5. The molecule has 26 heavy (non-hydrogen) atoms. The van der Waals surface area contributed by atoms with Crippen LogP contribution in [0.4, 0.5) is 5.69 Å². The Balaban J connectivity index is 2.05. The van der Waals surface area contributed by atoms with E-state index >= 15 is 0 Å². The first-order chi connectivity index (χ1) is 12.4. The molecule has 2 heterocycles. The number of aliphatic carboxylic acids is 1. The predicted molar refractivity (Wildman–Crippen MR) is 97.3 cm³/mol. The lowest BCUT2D eigenvalue weighted by atomic mass is 9.87. The molecule has 0 saturated carbocycles. The van der Waals surface area contributed by atoms with Crippen molar-refractivity contribution in [3.8, 4) is 0 Å². The van der Waals surface area contributed by atoms with Crippen LogP contribution in [0.5, 0.6) is 0 Å². The lowest BCUT2D eigenvalue weighted by molar-refractivity contribution is -0.791. The first-order valence-corrected chi connectivity index (χ1v) is 8.82. The van der Waals surface area contributed by atoms with E-state index in [4.69, 9.17) is 0 Å². The average Bonchev–Trinajstić information content (AvgIpc) is 2.64. The number of carboxylic acid groups (broad SMARTS) is 1. The van der Waals surface area contributed by atoms with E-state index in [2.05, 4.69) is 0 Å². The van der Waals surface area contributed by atoms with E-state index in [1.54, 1.807) is 18.2 Å². The predicted octanol–water partition coefficient (Wildman–Crippen LogP) is 2.65. The largest absolute Gasteiger partial charge is 0.477 e. The zero-order valence-electron chi connectivity index (χ0n) is 14.9. The highest BCUT2D eigenvalue weighted by Gasteiger charge is 2.59. The summed E-state index contributed by atoms with van der Waals surface area (Å²) in [5, 5.41) is 11.2. The van der Waals surface area contributed by atoms with Gasteiger partial charge in [0.1, 0.15) is 0 Å². The van der Waals surface area contributed by atoms with Gasteiger partial charge in [-0.25, -0.2) is 14.4 Å². The maximum absolute atomic E-state index is 13.5. The fourth-order valence-corrected chi connectivity index (χ4v) is 4.41. The lowest BCUT2D eigenvalue weighted by Gasteiger charge is -2.43. The zero-order chi connectivity index (χ0) is 18.6. The number of anilines is 1. The van der Waals surface area contributed by atoms with Gasteiger partial charge in [0, 0.05) is 31.6 Å². The molecule has 1 fully saturated rings. The molecule has 0 aromatic heterocycles. The van der Waals surface area contributed by atoms with Crippen molar-refractivity contribution >= 4 is 34.2 Å². The molecule has 4 rings (SSSR count). The first kappa shape index (κ1) is 16.7. The number of hydrogen-bond acceptors (Lipinski definition) is 4. The number of carbonyl (C=O) groups excluding carboxylic acids is 2. The summed E-state index contributed by atoms with van der Waals surface area (Å²) in [7, 11) is 3.78. The third kappa shape index (κ3) is 2.05. The smallest absolute Gasteiger partial charge is 0.363 e. The number of carbonyl (C=O) groups is 3. The molecular formula is C20H21N2O4+. The Bertz CT molecular complexity index is 966.